The van der Waals surface area contributed by atoms with Crippen LogP contribution in [0.3, 0.4) is 0 Å². The summed E-state index contributed by atoms with van der Waals surface area (Å²) in [4.78, 5) is 14.4. The van der Waals surface area contributed by atoms with Crippen molar-refractivity contribution < 1.29 is 9.53 Å². The summed E-state index contributed by atoms with van der Waals surface area (Å²) in [5.41, 5.74) is 3.02. The van der Waals surface area contributed by atoms with Crippen molar-refractivity contribution in [1.82, 2.24) is 10.4 Å². The third-order valence-corrected chi connectivity index (χ3v) is 1.26. The second kappa shape index (κ2) is 4.87. The first-order chi connectivity index (χ1) is 6.33. The Bertz CT molecular complexity index is 298. The molecule has 1 heterocycles. The van der Waals surface area contributed by atoms with Gasteiger partial charge < -0.3 is 4.74 Å². The molecule has 13 heavy (non-hydrogen) atoms. The molecule has 5 nitrogen and oxygen atoms in total. The van der Waals surface area contributed by atoms with Crippen molar-refractivity contribution in [3.8, 4) is 0 Å². The highest BCUT2D eigenvalue weighted by Crippen LogP contribution is 1.89. The van der Waals surface area contributed by atoms with Gasteiger partial charge in [-0.15, -0.1) is 0 Å². The molecule has 1 aromatic heterocycles. The van der Waals surface area contributed by atoms with Crippen LogP contribution in [0.15, 0.2) is 29.6 Å². The number of carbonyl (C=O) groups excluding carboxylic acids is 1. The number of hydrogen-bond acceptors (Lipinski definition) is 4. The molecule has 1 amide bonds. The van der Waals surface area contributed by atoms with E-state index in [1.807, 2.05) is 0 Å². The van der Waals surface area contributed by atoms with Crippen LogP contribution in [-0.2, 0) is 4.74 Å². The smallest absolute Gasteiger partial charge is 0.427 e. The summed E-state index contributed by atoms with van der Waals surface area (Å²) in [5, 5.41) is 3.64. The first-order valence-corrected chi connectivity index (χ1v) is 3.60. The molecule has 0 spiro atoms. The maximum atomic E-state index is 10.5. The van der Waals surface area contributed by atoms with E-state index in [9.17, 15) is 4.79 Å². The zero-order valence-corrected chi connectivity index (χ0v) is 7.10. The van der Waals surface area contributed by atoms with E-state index in [0.29, 0.717) is 0 Å². The topological polar surface area (TPSA) is 63.6 Å². The number of nitrogens with zero attached hydrogens (tertiary/aromatic N) is 2. The SMILES string of the molecule is COC(=O)N/N=C/c1ccncc1. The number of methoxy groups -OCH3 is 1. The molecule has 0 bridgehead atoms. The molecule has 68 valence electrons. The number of hydrogen-bond donors (Lipinski definition) is 1. The van der Waals surface area contributed by atoms with E-state index >= 15 is 0 Å². The minimum absolute atomic E-state index is 0.592. The van der Waals surface area contributed by atoms with E-state index in [4.69, 9.17) is 0 Å². The summed E-state index contributed by atoms with van der Waals surface area (Å²) < 4.78 is 4.31. The summed E-state index contributed by atoms with van der Waals surface area (Å²) in [6.07, 6.45) is 4.18. The summed E-state index contributed by atoms with van der Waals surface area (Å²) in [7, 11) is 1.28. The monoisotopic (exact) mass is 179 g/mol. The summed E-state index contributed by atoms with van der Waals surface area (Å²) in [6, 6.07) is 3.53. The van der Waals surface area contributed by atoms with Gasteiger partial charge in [-0.25, -0.2) is 10.2 Å². The fraction of sp³-hybridized carbons (Fsp3) is 0.125. The Morgan fingerprint density at radius 1 is 1.62 bits per heavy atom. The molecule has 0 aliphatic rings. The van der Waals surface area contributed by atoms with E-state index in [1.54, 1.807) is 24.5 Å². The van der Waals surface area contributed by atoms with Crippen LogP contribution in [-0.4, -0.2) is 24.4 Å². The molecule has 0 radical (unpaired) electrons. The van der Waals surface area contributed by atoms with Crippen LogP contribution in [0.1, 0.15) is 5.56 Å². The Morgan fingerprint density at radius 3 is 2.92 bits per heavy atom. The molecule has 1 aromatic rings. The van der Waals surface area contributed by atoms with Crippen LogP contribution in [0.2, 0.25) is 0 Å². The Morgan fingerprint density at radius 2 is 2.31 bits per heavy atom. The predicted octanol–water partition coefficient (Wildman–Crippen LogP) is 0.772. The van der Waals surface area contributed by atoms with Gasteiger partial charge in [0.25, 0.3) is 0 Å². The minimum Gasteiger partial charge on any atom is -0.452 e. The van der Waals surface area contributed by atoms with E-state index in [2.05, 4.69) is 20.2 Å². The molecule has 0 saturated heterocycles. The van der Waals surface area contributed by atoms with Crippen molar-refractivity contribution in [3.63, 3.8) is 0 Å². The largest absolute Gasteiger partial charge is 0.452 e. The first-order valence-electron chi connectivity index (χ1n) is 3.60. The molecule has 5 heteroatoms. The van der Waals surface area contributed by atoms with Gasteiger partial charge in [-0.3, -0.25) is 4.98 Å². The van der Waals surface area contributed by atoms with E-state index in [0.717, 1.165) is 5.56 Å². The number of amides is 1. The molecule has 0 unspecified atom stereocenters. The van der Waals surface area contributed by atoms with Crippen molar-refractivity contribution in [2.75, 3.05) is 7.11 Å². The maximum absolute atomic E-state index is 10.5. The van der Waals surface area contributed by atoms with Crippen LogP contribution in [0, 0.1) is 0 Å². The lowest BCUT2D eigenvalue weighted by molar-refractivity contribution is 0.171. The van der Waals surface area contributed by atoms with Gasteiger partial charge in [0, 0.05) is 12.4 Å². The molecule has 0 atom stereocenters. The standard InChI is InChI=1S/C8H9N3O2/c1-13-8(12)11-10-6-7-2-4-9-5-3-7/h2-6H,1H3,(H,11,12)/b10-6+. The lowest BCUT2D eigenvalue weighted by Crippen LogP contribution is -2.16. The van der Waals surface area contributed by atoms with Gasteiger partial charge in [-0.05, 0) is 17.7 Å². The Kier molecular flexibility index (Phi) is 3.44. The Labute approximate surface area is 75.4 Å². The number of ether oxygens (including phenoxy) is 1. The molecular formula is C8H9N3O2. The van der Waals surface area contributed by atoms with Gasteiger partial charge in [-0.2, -0.15) is 5.10 Å². The molecule has 1 N–H and O–H groups in total. The second-order valence-electron chi connectivity index (χ2n) is 2.14. The molecule has 0 fully saturated rings. The number of rotatable bonds is 2. The van der Waals surface area contributed by atoms with Crippen LogP contribution in [0.25, 0.3) is 0 Å². The van der Waals surface area contributed by atoms with Crippen LogP contribution in [0.4, 0.5) is 4.79 Å². The second-order valence-corrected chi connectivity index (χ2v) is 2.14. The van der Waals surface area contributed by atoms with Gasteiger partial charge in [0.1, 0.15) is 0 Å². The zero-order valence-electron chi connectivity index (χ0n) is 7.10. The number of aromatic nitrogens is 1. The molecule has 0 aromatic carbocycles. The van der Waals surface area contributed by atoms with E-state index in [1.165, 1.54) is 13.3 Å². The third kappa shape index (κ3) is 3.33. The number of nitrogens with one attached hydrogen (secondary N) is 1. The molecule has 0 aliphatic heterocycles. The lowest BCUT2D eigenvalue weighted by Gasteiger charge is -1.94. The highest BCUT2D eigenvalue weighted by atomic mass is 16.5. The maximum Gasteiger partial charge on any atom is 0.427 e. The van der Waals surface area contributed by atoms with Gasteiger partial charge in [0.2, 0.25) is 0 Å². The predicted molar refractivity (Wildman–Crippen MR) is 47.4 cm³/mol. The highest BCUT2D eigenvalue weighted by Gasteiger charge is 1.91. The fourth-order valence-electron chi connectivity index (χ4n) is 0.655. The van der Waals surface area contributed by atoms with Gasteiger partial charge in [0.15, 0.2) is 0 Å². The number of carbonyl (C=O) groups is 1. The summed E-state index contributed by atoms with van der Waals surface area (Å²) in [5.74, 6) is 0. The van der Waals surface area contributed by atoms with Crippen LogP contribution in [0.5, 0.6) is 0 Å². The van der Waals surface area contributed by atoms with Gasteiger partial charge in [0.05, 0.1) is 13.3 Å². The Balaban J connectivity index is 2.45. The number of pyridine rings is 1. The first kappa shape index (κ1) is 9.18. The minimum atomic E-state index is -0.592. The van der Waals surface area contributed by atoms with Crippen LogP contribution < -0.4 is 5.43 Å². The fourth-order valence-corrected chi connectivity index (χ4v) is 0.655. The van der Waals surface area contributed by atoms with Gasteiger partial charge >= 0.3 is 6.09 Å². The molecule has 0 saturated carbocycles. The van der Waals surface area contributed by atoms with Crippen molar-refractivity contribution >= 4 is 12.3 Å². The van der Waals surface area contributed by atoms with Gasteiger partial charge in [-0.1, -0.05) is 0 Å². The van der Waals surface area contributed by atoms with Crippen molar-refractivity contribution in [1.29, 1.82) is 0 Å². The van der Waals surface area contributed by atoms with Crippen LogP contribution >= 0.6 is 0 Å². The highest BCUT2D eigenvalue weighted by molar-refractivity contribution is 5.80. The molecular weight excluding hydrogens is 170 g/mol. The molecule has 1 rings (SSSR count). The van der Waals surface area contributed by atoms with Crippen molar-refractivity contribution in [2.24, 2.45) is 5.10 Å². The zero-order chi connectivity index (χ0) is 9.52. The van der Waals surface area contributed by atoms with E-state index < -0.39 is 6.09 Å². The van der Waals surface area contributed by atoms with Crippen molar-refractivity contribution in [3.05, 3.63) is 30.1 Å². The average molecular weight is 179 g/mol. The quantitative estimate of drug-likeness (QED) is 0.538. The Hall–Kier alpha value is -1.91. The normalized spacial score (nSPS) is 9.92. The third-order valence-electron chi connectivity index (χ3n) is 1.26. The summed E-state index contributed by atoms with van der Waals surface area (Å²) in [6.45, 7) is 0. The lowest BCUT2D eigenvalue weighted by atomic mass is 10.3. The van der Waals surface area contributed by atoms with Crippen molar-refractivity contribution in [2.45, 2.75) is 0 Å². The van der Waals surface area contributed by atoms with E-state index in [-0.39, 0.29) is 0 Å². The average Bonchev–Trinajstić information content (AvgIpc) is 2.19. The molecule has 0 aliphatic carbocycles. The number of hydrazone groups is 1. The summed E-state index contributed by atoms with van der Waals surface area (Å²) >= 11 is 0.